The molecular weight excluding hydrogens is 260 g/mol. The molecule has 1 aliphatic carbocycles. The van der Waals surface area contributed by atoms with Crippen molar-refractivity contribution in [3.63, 3.8) is 0 Å². The molecule has 0 heterocycles. The second-order valence-electron chi connectivity index (χ2n) is 5.06. The summed E-state index contributed by atoms with van der Waals surface area (Å²) < 4.78 is 6.01. The van der Waals surface area contributed by atoms with E-state index >= 15 is 0 Å². The van der Waals surface area contributed by atoms with Gasteiger partial charge in [0.15, 0.2) is 0 Å². The van der Waals surface area contributed by atoms with Crippen LogP contribution in [0.1, 0.15) is 43.0 Å². The topological polar surface area (TPSA) is 46.5 Å². The monoisotopic (exact) mass is 280 g/mol. The van der Waals surface area contributed by atoms with E-state index in [1.54, 1.807) is 6.07 Å². The molecule has 1 aromatic rings. The van der Waals surface area contributed by atoms with Crippen LogP contribution in [0.15, 0.2) is 23.1 Å². The van der Waals surface area contributed by atoms with E-state index in [1.807, 2.05) is 18.4 Å². The molecule has 1 saturated carbocycles. The molecule has 3 nitrogen and oxygen atoms in total. The number of hydrogen-bond donors (Lipinski definition) is 1. The van der Waals surface area contributed by atoms with E-state index in [4.69, 9.17) is 4.74 Å². The van der Waals surface area contributed by atoms with Gasteiger partial charge in [-0.3, -0.25) is 0 Å². The summed E-state index contributed by atoms with van der Waals surface area (Å²) in [6, 6.07) is 5.46. The zero-order chi connectivity index (χ0) is 13.8. The van der Waals surface area contributed by atoms with Gasteiger partial charge >= 0.3 is 5.97 Å². The molecule has 2 rings (SSSR count). The van der Waals surface area contributed by atoms with Crippen LogP contribution in [0.25, 0.3) is 0 Å². The van der Waals surface area contributed by atoms with Crippen molar-refractivity contribution in [1.29, 1.82) is 0 Å². The maximum absolute atomic E-state index is 11.4. The maximum atomic E-state index is 11.4. The van der Waals surface area contributed by atoms with Gasteiger partial charge in [-0.25, -0.2) is 4.79 Å². The Bertz CT molecular complexity index is 459. The van der Waals surface area contributed by atoms with Crippen molar-refractivity contribution < 1.29 is 14.6 Å². The highest BCUT2D eigenvalue weighted by Crippen LogP contribution is 2.33. The minimum atomic E-state index is -0.914. The Hall–Kier alpha value is -1.16. The first-order valence-corrected chi connectivity index (χ1v) is 7.93. The van der Waals surface area contributed by atoms with E-state index in [1.165, 1.54) is 24.6 Å². The third-order valence-electron chi connectivity index (χ3n) is 3.73. The summed E-state index contributed by atoms with van der Waals surface area (Å²) in [5.74, 6) is 0.0924. The van der Waals surface area contributed by atoms with Crippen molar-refractivity contribution in [2.75, 3.05) is 6.26 Å². The summed E-state index contributed by atoms with van der Waals surface area (Å²) in [5.41, 5.74) is 0.299. The summed E-state index contributed by atoms with van der Waals surface area (Å²) in [4.78, 5) is 12.2. The van der Waals surface area contributed by atoms with Gasteiger partial charge in [-0.2, -0.15) is 0 Å². The molecule has 1 N–H and O–H groups in total. The summed E-state index contributed by atoms with van der Waals surface area (Å²) in [6.45, 7) is 2.18. The predicted octanol–water partition coefficient (Wildman–Crippen LogP) is 4.06. The van der Waals surface area contributed by atoms with E-state index in [0.717, 1.165) is 17.7 Å². The number of thioether (sulfide) groups is 1. The molecule has 4 heteroatoms. The minimum absolute atomic E-state index is 0.143. The molecule has 0 radical (unpaired) electrons. The summed E-state index contributed by atoms with van der Waals surface area (Å²) in [5, 5.41) is 9.38. The summed E-state index contributed by atoms with van der Waals surface area (Å²) >= 11 is 1.44. The van der Waals surface area contributed by atoms with Gasteiger partial charge in [0.05, 0.1) is 0 Å². The van der Waals surface area contributed by atoms with Gasteiger partial charge in [0.25, 0.3) is 0 Å². The van der Waals surface area contributed by atoms with Crippen molar-refractivity contribution in [1.82, 2.24) is 0 Å². The van der Waals surface area contributed by atoms with Gasteiger partial charge in [-0.1, -0.05) is 19.4 Å². The molecule has 0 aliphatic heterocycles. The normalized spacial score (nSPS) is 23.1. The van der Waals surface area contributed by atoms with E-state index in [2.05, 4.69) is 6.92 Å². The number of carboxylic acid groups (broad SMARTS) is 1. The van der Waals surface area contributed by atoms with Crippen LogP contribution < -0.4 is 4.74 Å². The number of carboxylic acids is 1. The third-order valence-corrected chi connectivity index (χ3v) is 4.51. The number of benzene rings is 1. The van der Waals surface area contributed by atoms with Gasteiger partial charge in [0.1, 0.15) is 17.4 Å². The van der Waals surface area contributed by atoms with Crippen LogP contribution in [-0.4, -0.2) is 23.4 Å². The van der Waals surface area contributed by atoms with Gasteiger partial charge < -0.3 is 9.84 Å². The highest BCUT2D eigenvalue weighted by atomic mass is 32.2. The number of aromatic carboxylic acids is 1. The molecule has 0 amide bonds. The Morgan fingerprint density at radius 1 is 1.37 bits per heavy atom. The quantitative estimate of drug-likeness (QED) is 0.845. The van der Waals surface area contributed by atoms with Crippen LogP contribution in [0, 0.1) is 5.92 Å². The Labute approximate surface area is 118 Å². The van der Waals surface area contributed by atoms with Gasteiger partial charge in [-0.15, -0.1) is 11.8 Å². The minimum Gasteiger partial charge on any atom is -0.489 e. The lowest BCUT2D eigenvalue weighted by Gasteiger charge is -2.30. The first-order valence-electron chi connectivity index (χ1n) is 6.70. The van der Waals surface area contributed by atoms with Crippen LogP contribution in [0.5, 0.6) is 5.75 Å². The van der Waals surface area contributed by atoms with Crippen molar-refractivity contribution >= 4 is 17.7 Å². The summed E-state index contributed by atoms with van der Waals surface area (Å²) in [6.07, 6.45) is 6.62. The average Bonchev–Trinajstić information content (AvgIpc) is 2.40. The van der Waals surface area contributed by atoms with Crippen molar-refractivity contribution in [3.8, 4) is 5.75 Å². The fourth-order valence-corrected chi connectivity index (χ4v) is 3.22. The first-order chi connectivity index (χ1) is 9.13. The molecule has 0 bridgehead atoms. The van der Waals surface area contributed by atoms with Gasteiger partial charge in [0, 0.05) is 4.90 Å². The highest BCUT2D eigenvalue weighted by molar-refractivity contribution is 7.98. The maximum Gasteiger partial charge on any atom is 0.340 e. The predicted molar refractivity (Wildman–Crippen MR) is 77.2 cm³/mol. The molecule has 2 unspecified atom stereocenters. The molecule has 0 saturated heterocycles. The van der Waals surface area contributed by atoms with Gasteiger partial charge in [-0.05, 0) is 43.6 Å². The first kappa shape index (κ1) is 14.3. The van der Waals surface area contributed by atoms with Crippen molar-refractivity contribution in [2.24, 2.45) is 5.92 Å². The van der Waals surface area contributed by atoms with Gasteiger partial charge in [0.2, 0.25) is 0 Å². The van der Waals surface area contributed by atoms with E-state index < -0.39 is 5.97 Å². The van der Waals surface area contributed by atoms with E-state index in [9.17, 15) is 9.90 Å². The summed E-state index contributed by atoms with van der Waals surface area (Å²) in [7, 11) is 0. The Kier molecular flexibility index (Phi) is 4.75. The van der Waals surface area contributed by atoms with Crippen LogP contribution in [-0.2, 0) is 0 Å². The molecule has 1 aromatic carbocycles. The third kappa shape index (κ3) is 3.24. The standard InChI is InChI=1S/C15H20O3S/c1-10-6-3-4-7-11(10)18-12-8-5-9-13(19-2)14(12)15(16)17/h5,8-11H,3-4,6-7H2,1-2H3,(H,16,17). The fourth-order valence-electron chi connectivity index (χ4n) is 2.61. The Balaban J connectivity index is 2.26. The van der Waals surface area contributed by atoms with Crippen LogP contribution in [0.2, 0.25) is 0 Å². The smallest absolute Gasteiger partial charge is 0.340 e. The zero-order valence-corrected chi connectivity index (χ0v) is 12.2. The number of hydrogen-bond acceptors (Lipinski definition) is 3. The largest absolute Gasteiger partial charge is 0.489 e. The molecule has 19 heavy (non-hydrogen) atoms. The molecule has 0 spiro atoms. The molecule has 0 aromatic heterocycles. The molecule has 2 atom stereocenters. The van der Waals surface area contributed by atoms with Crippen molar-refractivity contribution in [2.45, 2.75) is 43.6 Å². The zero-order valence-electron chi connectivity index (χ0n) is 11.4. The molecular formula is C15H20O3S. The Morgan fingerprint density at radius 2 is 2.11 bits per heavy atom. The Morgan fingerprint density at radius 3 is 2.74 bits per heavy atom. The van der Waals surface area contributed by atoms with E-state index in [0.29, 0.717) is 17.2 Å². The van der Waals surface area contributed by atoms with E-state index in [-0.39, 0.29) is 6.10 Å². The molecule has 104 valence electrons. The highest BCUT2D eigenvalue weighted by Gasteiger charge is 2.25. The fraction of sp³-hybridized carbons (Fsp3) is 0.533. The average molecular weight is 280 g/mol. The second-order valence-corrected chi connectivity index (χ2v) is 5.90. The lowest BCUT2D eigenvalue weighted by Crippen LogP contribution is -2.29. The lowest BCUT2D eigenvalue weighted by atomic mass is 9.88. The molecule has 1 aliphatic rings. The second kappa shape index (κ2) is 6.33. The lowest BCUT2D eigenvalue weighted by molar-refractivity contribution is 0.0668. The van der Waals surface area contributed by atoms with Crippen LogP contribution in [0.4, 0.5) is 0 Å². The number of ether oxygens (including phenoxy) is 1. The number of rotatable bonds is 4. The van der Waals surface area contributed by atoms with Crippen LogP contribution >= 0.6 is 11.8 Å². The number of carbonyl (C=O) groups is 1. The molecule has 1 fully saturated rings. The SMILES string of the molecule is CSc1cccc(OC2CCCCC2C)c1C(=O)O. The van der Waals surface area contributed by atoms with Crippen LogP contribution in [0.3, 0.4) is 0 Å². The van der Waals surface area contributed by atoms with Crippen molar-refractivity contribution in [3.05, 3.63) is 23.8 Å².